The van der Waals surface area contributed by atoms with Crippen LogP contribution >= 0.6 is 11.3 Å². The maximum Gasteiger partial charge on any atom is 0.273 e. The molecule has 0 aromatic carbocycles. The Kier molecular flexibility index (Phi) is 4.25. The zero-order chi connectivity index (χ0) is 14.0. The largest absolute Gasteiger partial charge is 0.362 e. The second kappa shape index (κ2) is 5.58. The average molecular weight is 301 g/mol. The average Bonchev–Trinajstić information content (AvgIpc) is 2.81. The minimum absolute atomic E-state index is 0.0646. The lowest BCUT2D eigenvalue weighted by atomic mass is 10.2. The molecule has 106 valence electrons. The van der Waals surface area contributed by atoms with Crippen LogP contribution in [-0.4, -0.2) is 50.1 Å². The van der Waals surface area contributed by atoms with E-state index in [1.165, 1.54) is 11.3 Å². The topological polar surface area (TPSA) is 62.3 Å². The quantitative estimate of drug-likeness (QED) is 0.920. The Bertz CT molecular complexity index is 499. The van der Waals surface area contributed by atoms with E-state index in [4.69, 9.17) is 0 Å². The molecule has 1 unspecified atom stereocenters. The molecule has 1 aliphatic rings. The first-order valence-electron chi connectivity index (χ1n) is 6.31. The fourth-order valence-electron chi connectivity index (χ4n) is 2.02. The van der Waals surface area contributed by atoms with Crippen LogP contribution in [0.25, 0.3) is 0 Å². The monoisotopic (exact) mass is 301 g/mol. The summed E-state index contributed by atoms with van der Waals surface area (Å²) in [6.45, 7) is 7.72. The molecule has 2 rings (SSSR count). The van der Waals surface area contributed by atoms with Gasteiger partial charge in [-0.15, -0.1) is 11.3 Å². The van der Waals surface area contributed by atoms with E-state index in [0.717, 1.165) is 11.7 Å². The van der Waals surface area contributed by atoms with E-state index in [9.17, 15) is 9.00 Å². The summed E-state index contributed by atoms with van der Waals surface area (Å²) in [4.78, 5) is 18.4. The lowest BCUT2D eigenvalue weighted by Crippen LogP contribution is -2.52. The van der Waals surface area contributed by atoms with Crippen molar-refractivity contribution in [1.29, 1.82) is 0 Å². The normalized spacial score (nSPS) is 22.3. The number of rotatable bonds is 3. The number of hydrogen-bond donors (Lipinski definition) is 1. The maximum absolute atomic E-state index is 12.4. The van der Waals surface area contributed by atoms with Gasteiger partial charge in [-0.25, -0.2) is 4.98 Å². The van der Waals surface area contributed by atoms with Gasteiger partial charge in [0.2, 0.25) is 0 Å². The number of thiazole rings is 1. The van der Waals surface area contributed by atoms with Crippen molar-refractivity contribution in [2.24, 2.45) is 0 Å². The molecule has 1 aliphatic heterocycles. The summed E-state index contributed by atoms with van der Waals surface area (Å²) in [5.41, 5.74) is 0.476. The van der Waals surface area contributed by atoms with Gasteiger partial charge in [0.1, 0.15) is 5.69 Å². The smallest absolute Gasteiger partial charge is 0.273 e. The Balaban J connectivity index is 2.09. The molecule has 7 heteroatoms. The highest BCUT2D eigenvalue weighted by molar-refractivity contribution is 7.86. The summed E-state index contributed by atoms with van der Waals surface area (Å²) in [6, 6.07) is 0. The molecule has 2 heterocycles. The summed E-state index contributed by atoms with van der Waals surface area (Å²) >= 11 is 1.44. The van der Waals surface area contributed by atoms with E-state index in [2.05, 4.69) is 10.3 Å². The molecule has 1 aromatic heterocycles. The van der Waals surface area contributed by atoms with Crippen molar-refractivity contribution in [3.05, 3.63) is 11.1 Å². The highest BCUT2D eigenvalue weighted by Gasteiger charge is 2.35. The van der Waals surface area contributed by atoms with Gasteiger partial charge in [-0.3, -0.25) is 9.00 Å². The molecule has 5 nitrogen and oxygen atoms in total. The number of nitrogens with one attached hydrogen (secondary N) is 1. The Morgan fingerprint density at radius 2 is 2.37 bits per heavy atom. The minimum atomic E-state index is -0.866. The summed E-state index contributed by atoms with van der Waals surface area (Å²) in [5.74, 6) is 0.480. The first kappa shape index (κ1) is 14.5. The molecule has 0 saturated carbocycles. The lowest BCUT2D eigenvalue weighted by molar-refractivity contribution is 0.0741. The van der Waals surface area contributed by atoms with Crippen LogP contribution < -0.4 is 5.32 Å². The van der Waals surface area contributed by atoms with Crippen molar-refractivity contribution in [3.8, 4) is 0 Å². The van der Waals surface area contributed by atoms with E-state index in [1.54, 1.807) is 10.3 Å². The van der Waals surface area contributed by atoms with Crippen molar-refractivity contribution in [3.63, 3.8) is 0 Å². The molecule has 1 amide bonds. The van der Waals surface area contributed by atoms with Crippen LogP contribution in [0.3, 0.4) is 0 Å². The first-order valence-corrected chi connectivity index (χ1v) is 8.51. The Morgan fingerprint density at radius 3 is 3.00 bits per heavy atom. The third-order valence-corrected chi connectivity index (χ3v) is 5.79. The molecular formula is C12H19N3O2S2. The van der Waals surface area contributed by atoms with Gasteiger partial charge < -0.3 is 10.2 Å². The SMILES string of the molecule is CCNc1nc(C(=O)N2CCS(=O)C(C)(C)C2)cs1. The van der Waals surface area contributed by atoms with Crippen LogP contribution in [0.15, 0.2) is 5.38 Å². The van der Waals surface area contributed by atoms with E-state index in [0.29, 0.717) is 24.5 Å². The van der Waals surface area contributed by atoms with Gasteiger partial charge in [0.25, 0.3) is 5.91 Å². The van der Waals surface area contributed by atoms with E-state index in [1.807, 2.05) is 20.8 Å². The van der Waals surface area contributed by atoms with Crippen LogP contribution in [0.4, 0.5) is 5.13 Å². The number of anilines is 1. The summed E-state index contributed by atoms with van der Waals surface area (Å²) < 4.78 is 11.5. The van der Waals surface area contributed by atoms with Gasteiger partial charge in [0.15, 0.2) is 5.13 Å². The van der Waals surface area contributed by atoms with Gasteiger partial charge in [-0.2, -0.15) is 0 Å². The van der Waals surface area contributed by atoms with Crippen molar-refractivity contribution in [2.75, 3.05) is 30.7 Å². The number of amides is 1. The van der Waals surface area contributed by atoms with Crippen molar-refractivity contribution < 1.29 is 9.00 Å². The standard InChI is InChI=1S/C12H19N3O2S2/c1-4-13-11-14-9(7-18-11)10(16)15-5-6-19(17)12(2,3)8-15/h7H,4-6,8H2,1-3H3,(H,13,14). The van der Waals surface area contributed by atoms with E-state index >= 15 is 0 Å². The number of carbonyl (C=O) groups is 1. The van der Waals surface area contributed by atoms with Crippen molar-refractivity contribution >= 4 is 33.2 Å². The molecule has 0 aliphatic carbocycles. The molecular weight excluding hydrogens is 282 g/mol. The fourth-order valence-corrected chi connectivity index (χ4v) is 4.01. The highest BCUT2D eigenvalue weighted by Crippen LogP contribution is 2.23. The van der Waals surface area contributed by atoms with Crippen LogP contribution in [0.1, 0.15) is 31.3 Å². The zero-order valence-corrected chi connectivity index (χ0v) is 13.1. The van der Waals surface area contributed by atoms with Crippen molar-refractivity contribution in [1.82, 2.24) is 9.88 Å². The molecule has 19 heavy (non-hydrogen) atoms. The van der Waals surface area contributed by atoms with Gasteiger partial charge in [0.05, 0.1) is 4.75 Å². The van der Waals surface area contributed by atoms with Gasteiger partial charge in [-0.05, 0) is 20.8 Å². The molecule has 1 fully saturated rings. The van der Waals surface area contributed by atoms with Gasteiger partial charge in [-0.1, -0.05) is 0 Å². The molecule has 1 saturated heterocycles. The van der Waals surface area contributed by atoms with Crippen molar-refractivity contribution in [2.45, 2.75) is 25.5 Å². The number of nitrogens with zero attached hydrogens (tertiary/aromatic N) is 2. The predicted octanol–water partition coefficient (Wildman–Crippen LogP) is 1.56. The van der Waals surface area contributed by atoms with Crippen LogP contribution in [-0.2, 0) is 10.8 Å². The first-order chi connectivity index (χ1) is 8.94. The predicted molar refractivity (Wildman–Crippen MR) is 79.3 cm³/mol. The summed E-state index contributed by atoms with van der Waals surface area (Å²) in [7, 11) is -0.866. The number of aromatic nitrogens is 1. The van der Waals surface area contributed by atoms with Gasteiger partial charge in [0, 0.05) is 41.6 Å². The Morgan fingerprint density at radius 1 is 1.63 bits per heavy atom. The Labute approximate surface area is 119 Å². The van der Waals surface area contributed by atoms with Gasteiger partial charge >= 0.3 is 0 Å². The molecule has 0 spiro atoms. The Hall–Kier alpha value is -0.950. The highest BCUT2D eigenvalue weighted by atomic mass is 32.2. The molecule has 0 radical (unpaired) electrons. The third kappa shape index (κ3) is 3.14. The maximum atomic E-state index is 12.4. The van der Waals surface area contributed by atoms with E-state index in [-0.39, 0.29) is 10.7 Å². The molecule has 1 N–H and O–H groups in total. The van der Waals surface area contributed by atoms with Crippen LogP contribution in [0, 0.1) is 0 Å². The summed E-state index contributed by atoms with van der Waals surface area (Å²) in [6.07, 6.45) is 0. The summed E-state index contributed by atoms with van der Waals surface area (Å²) in [5, 5.41) is 5.64. The fraction of sp³-hybridized carbons (Fsp3) is 0.667. The van der Waals surface area contributed by atoms with Crippen LogP contribution in [0.2, 0.25) is 0 Å². The second-order valence-electron chi connectivity index (χ2n) is 5.10. The van der Waals surface area contributed by atoms with E-state index < -0.39 is 10.8 Å². The molecule has 0 bridgehead atoms. The third-order valence-electron chi connectivity index (χ3n) is 3.07. The number of hydrogen-bond acceptors (Lipinski definition) is 5. The number of carbonyl (C=O) groups excluding carboxylic acids is 1. The lowest BCUT2D eigenvalue weighted by Gasteiger charge is -2.36. The molecule has 1 aromatic rings. The minimum Gasteiger partial charge on any atom is -0.362 e. The molecule has 1 atom stereocenters. The second-order valence-corrected chi connectivity index (χ2v) is 8.17. The van der Waals surface area contributed by atoms with Crippen LogP contribution in [0.5, 0.6) is 0 Å². The zero-order valence-electron chi connectivity index (χ0n) is 11.4.